The van der Waals surface area contributed by atoms with Gasteiger partial charge < -0.3 is 5.32 Å². The standard InChI is InChI=1S/C19H13BrFNO/c20-12-6-7-16(21)14(9-12)15-10-18(23)22-17-8-5-11-3-1-2-4-13(11)19(15)17/h1-9,15H,10H2,(H,22,23). The summed E-state index contributed by atoms with van der Waals surface area (Å²) in [6.45, 7) is 0. The van der Waals surface area contributed by atoms with Crippen LogP contribution in [0.5, 0.6) is 0 Å². The smallest absolute Gasteiger partial charge is 0.225 e. The van der Waals surface area contributed by atoms with Crippen molar-refractivity contribution < 1.29 is 9.18 Å². The average molecular weight is 370 g/mol. The summed E-state index contributed by atoms with van der Waals surface area (Å²) < 4.78 is 15.2. The summed E-state index contributed by atoms with van der Waals surface area (Å²) in [7, 11) is 0. The van der Waals surface area contributed by atoms with Crippen molar-refractivity contribution in [3.8, 4) is 0 Å². The van der Waals surface area contributed by atoms with Crippen LogP contribution in [0.4, 0.5) is 10.1 Å². The van der Waals surface area contributed by atoms with E-state index in [9.17, 15) is 9.18 Å². The molecule has 1 unspecified atom stereocenters. The van der Waals surface area contributed by atoms with Crippen LogP contribution in [0.2, 0.25) is 0 Å². The summed E-state index contributed by atoms with van der Waals surface area (Å²) in [5.41, 5.74) is 2.30. The summed E-state index contributed by atoms with van der Waals surface area (Å²) in [6.07, 6.45) is 0.244. The van der Waals surface area contributed by atoms with Gasteiger partial charge in [-0.1, -0.05) is 46.3 Å². The third-order valence-corrected chi connectivity index (χ3v) is 4.81. The highest BCUT2D eigenvalue weighted by molar-refractivity contribution is 9.10. The number of fused-ring (bicyclic) bond motifs is 3. The zero-order chi connectivity index (χ0) is 16.0. The predicted molar refractivity (Wildman–Crippen MR) is 93.1 cm³/mol. The second kappa shape index (κ2) is 5.46. The van der Waals surface area contributed by atoms with E-state index in [-0.39, 0.29) is 24.1 Å². The van der Waals surface area contributed by atoms with Crippen LogP contribution in [0.1, 0.15) is 23.5 Å². The molecule has 0 aliphatic carbocycles. The van der Waals surface area contributed by atoms with Crippen molar-refractivity contribution in [3.05, 3.63) is 76.0 Å². The molecule has 0 saturated carbocycles. The maximum atomic E-state index is 14.4. The molecule has 1 atom stereocenters. The van der Waals surface area contributed by atoms with Crippen LogP contribution in [-0.2, 0) is 4.79 Å². The van der Waals surface area contributed by atoms with Gasteiger partial charge >= 0.3 is 0 Å². The van der Waals surface area contributed by atoms with Crippen LogP contribution < -0.4 is 5.32 Å². The lowest BCUT2D eigenvalue weighted by Crippen LogP contribution is -2.24. The predicted octanol–water partition coefficient (Wildman–Crippen LogP) is 5.22. The van der Waals surface area contributed by atoms with Crippen molar-refractivity contribution >= 4 is 38.3 Å². The number of hydrogen-bond donors (Lipinski definition) is 1. The van der Waals surface area contributed by atoms with Gasteiger partial charge in [0.25, 0.3) is 0 Å². The van der Waals surface area contributed by atoms with Gasteiger partial charge in [0.1, 0.15) is 5.82 Å². The van der Waals surface area contributed by atoms with E-state index in [0.717, 1.165) is 26.5 Å². The Balaban J connectivity index is 2.01. The molecule has 114 valence electrons. The number of amides is 1. The minimum absolute atomic E-state index is 0.0860. The summed E-state index contributed by atoms with van der Waals surface area (Å²) >= 11 is 3.40. The maximum Gasteiger partial charge on any atom is 0.225 e. The fourth-order valence-electron chi connectivity index (χ4n) is 3.32. The summed E-state index contributed by atoms with van der Waals surface area (Å²) in [5, 5.41) is 5.05. The normalized spacial score (nSPS) is 17.0. The van der Waals surface area contributed by atoms with Crippen molar-refractivity contribution in [1.29, 1.82) is 0 Å². The molecule has 1 aliphatic heterocycles. The molecule has 1 aliphatic rings. The molecule has 1 heterocycles. The number of nitrogens with one attached hydrogen (secondary N) is 1. The topological polar surface area (TPSA) is 29.1 Å². The van der Waals surface area contributed by atoms with Crippen molar-refractivity contribution in [2.75, 3.05) is 5.32 Å². The van der Waals surface area contributed by atoms with Crippen LogP contribution in [-0.4, -0.2) is 5.91 Å². The molecule has 1 N–H and O–H groups in total. The van der Waals surface area contributed by atoms with E-state index >= 15 is 0 Å². The van der Waals surface area contributed by atoms with Gasteiger partial charge in [0.2, 0.25) is 5.91 Å². The molecule has 2 nitrogen and oxygen atoms in total. The average Bonchev–Trinajstić information content (AvgIpc) is 2.56. The monoisotopic (exact) mass is 369 g/mol. The SMILES string of the molecule is O=C1CC(c2cc(Br)ccc2F)c2c(ccc3ccccc23)N1. The Labute approximate surface area is 141 Å². The van der Waals surface area contributed by atoms with Crippen LogP contribution in [0.3, 0.4) is 0 Å². The first-order valence-electron chi connectivity index (χ1n) is 7.40. The highest BCUT2D eigenvalue weighted by Gasteiger charge is 2.30. The quantitative estimate of drug-likeness (QED) is 0.626. The fraction of sp³-hybridized carbons (Fsp3) is 0.105. The number of carbonyl (C=O) groups excluding carboxylic acids is 1. The third kappa shape index (κ3) is 2.43. The molecule has 0 spiro atoms. The van der Waals surface area contributed by atoms with Gasteiger partial charge in [0, 0.05) is 22.5 Å². The van der Waals surface area contributed by atoms with Gasteiger partial charge in [0.05, 0.1) is 0 Å². The molecule has 23 heavy (non-hydrogen) atoms. The molecule has 0 radical (unpaired) electrons. The van der Waals surface area contributed by atoms with Crippen molar-refractivity contribution in [2.24, 2.45) is 0 Å². The van der Waals surface area contributed by atoms with E-state index in [1.54, 1.807) is 12.1 Å². The van der Waals surface area contributed by atoms with E-state index < -0.39 is 0 Å². The molecule has 0 aromatic heterocycles. The molecule has 0 saturated heterocycles. The highest BCUT2D eigenvalue weighted by Crippen LogP contribution is 2.42. The Kier molecular flexibility index (Phi) is 3.42. The number of benzene rings is 3. The lowest BCUT2D eigenvalue weighted by molar-refractivity contribution is -0.116. The summed E-state index contributed by atoms with van der Waals surface area (Å²) in [6, 6.07) is 16.8. The molecular formula is C19H13BrFNO. The minimum Gasteiger partial charge on any atom is -0.326 e. The number of hydrogen-bond acceptors (Lipinski definition) is 1. The van der Waals surface area contributed by atoms with Crippen LogP contribution in [0.15, 0.2) is 59.1 Å². The summed E-state index contributed by atoms with van der Waals surface area (Å²) in [4.78, 5) is 12.1. The zero-order valence-corrected chi connectivity index (χ0v) is 13.7. The molecule has 1 amide bonds. The Hall–Kier alpha value is -2.20. The van der Waals surface area contributed by atoms with Crippen LogP contribution in [0, 0.1) is 5.82 Å². The van der Waals surface area contributed by atoms with Gasteiger partial charge in [-0.3, -0.25) is 4.79 Å². The molecule has 0 fully saturated rings. The van der Waals surface area contributed by atoms with E-state index in [2.05, 4.69) is 21.2 Å². The minimum atomic E-state index is -0.289. The Morgan fingerprint density at radius 3 is 2.78 bits per heavy atom. The van der Waals surface area contributed by atoms with E-state index in [4.69, 9.17) is 0 Å². The van der Waals surface area contributed by atoms with E-state index in [1.165, 1.54) is 6.07 Å². The van der Waals surface area contributed by atoms with Gasteiger partial charge in [0.15, 0.2) is 0 Å². The number of carbonyl (C=O) groups is 1. The number of anilines is 1. The molecule has 4 heteroatoms. The molecule has 3 aromatic carbocycles. The maximum absolute atomic E-state index is 14.4. The summed E-state index contributed by atoms with van der Waals surface area (Å²) in [5.74, 6) is -0.661. The Morgan fingerprint density at radius 2 is 1.91 bits per heavy atom. The Bertz CT molecular complexity index is 938. The van der Waals surface area contributed by atoms with Crippen molar-refractivity contribution in [2.45, 2.75) is 12.3 Å². The fourth-order valence-corrected chi connectivity index (χ4v) is 3.69. The van der Waals surface area contributed by atoms with Crippen LogP contribution in [0.25, 0.3) is 10.8 Å². The lowest BCUT2D eigenvalue weighted by atomic mass is 9.82. The number of rotatable bonds is 1. The van der Waals surface area contributed by atoms with E-state index in [1.807, 2.05) is 36.4 Å². The Morgan fingerprint density at radius 1 is 1.09 bits per heavy atom. The third-order valence-electron chi connectivity index (χ3n) is 4.32. The molecular weight excluding hydrogens is 357 g/mol. The lowest BCUT2D eigenvalue weighted by Gasteiger charge is -2.28. The van der Waals surface area contributed by atoms with Gasteiger partial charge in [-0.15, -0.1) is 0 Å². The van der Waals surface area contributed by atoms with Gasteiger partial charge in [-0.25, -0.2) is 4.39 Å². The molecule has 3 aromatic rings. The van der Waals surface area contributed by atoms with Gasteiger partial charge in [-0.05, 0) is 46.2 Å². The first kappa shape index (κ1) is 14.4. The van der Waals surface area contributed by atoms with Gasteiger partial charge in [-0.2, -0.15) is 0 Å². The number of halogens is 2. The van der Waals surface area contributed by atoms with Crippen molar-refractivity contribution in [1.82, 2.24) is 0 Å². The zero-order valence-electron chi connectivity index (χ0n) is 12.1. The van der Waals surface area contributed by atoms with Crippen molar-refractivity contribution in [3.63, 3.8) is 0 Å². The largest absolute Gasteiger partial charge is 0.326 e. The van der Waals surface area contributed by atoms with E-state index in [0.29, 0.717) is 5.56 Å². The first-order chi connectivity index (χ1) is 11.1. The van der Waals surface area contributed by atoms with Crippen LogP contribution >= 0.6 is 15.9 Å². The second-order valence-corrected chi connectivity index (χ2v) is 6.63. The molecule has 0 bridgehead atoms. The first-order valence-corrected chi connectivity index (χ1v) is 8.19. The molecule has 4 rings (SSSR count). The highest BCUT2D eigenvalue weighted by atomic mass is 79.9. The second-order valence-electron chi connectivity index (χ2n) is 5.72.